The van der Waals surface area contributed by atoms with Crippen LogP contribution in [0.3, 0.4) is 0 Å². The molecule has 0 fully saturated rings. The van der Waals surface area contributed by atoms with E-state index in [9.17, 15) is 4.79 Å². The van der Waals surface area contributed by atoms with Gasteiger partial charge in [0, 0.05) is 31.2 Å². The molecule has 1 aliphatic heterocycles. The molecule has 1 unspecified atom stereocenters. The molecule has 0 aliphatic carbocycles. The molecule has 0 amide bonds. The molecule has 0 bridgehead atoms. The Morgan fingerprint density at radius 2 is 2.25 bits per heavy atom. The molecule has 1 heterocycles. The van der Waals surface area contributed by atoms with E-state index in [1.165, 1.54) is 0 Å². The smallest absolute Gasteiger partial charge is 0.304 e. The van der Waals surface area contributed by atoms with Crippen molar-refractivity contribution in [3.63, 3.8) is 0 Å². The number of aliphatic carboxylic acids is 1. The van der Waals surface area contributed by atoms with E-state index in [1.54, 1.807) is 0 Å². The van der Waals surface area contributed by atoms with Crippen molar-refractivity contribution in [1.82, 2.24) is 0 Å². The molecule has 4 heteroatoms. The van der Waals surface area contributed by atoms with Gasteiger partial charge in [-0.3, -0.25) is 4.79 Å². The molecule has 0 aromatic heterocycles. The summed E-state index contributed by atoms with van der Waals surface area (Å²) in [6.07, 6.45) is 0.193. The fraction of sp³-hybridized carbons (Fsp3) is 0.417. The number of rotatable bonds is 4. The second-order valence-electron chi connectivity index (χ2n) is 4.09. The third-order valence-electron chi connectivity index (χ3n) is 2.98. The Kier molecular flexibility index (Phi) is 3.10. The molecular weight excluding hydrogens is 204 g/mol. The van der Waals surface area contributed by atoms with Crippen molar-refractivity contribution in [2.24, 2.45) is 5.73 Å². The topological polar surface area (TPSA) is 66.6 Å². The third kappa shape index (κ3) is 2.02. The highest BCUT2D eigenvalue weighted by molar-refractivity contribution is 5.71. The molecular formula is C12H16N2O2. The average molecular weight is 220 g/mol. The van der Waals surface area contributed by atoms with Gasteiger partial charge in [-0.25, -0.2) is 0 Å². The van der Waals surface area contributed by atoms with Crippen LogP contribution in [0.1, 0.15) is 17.9 Å². The van der Waals surface area contributed by atoms with Crippen LogP contribution in [0, 0.1) is 0 Å². The number of carbonyl (C=O) groups is 1. The van der Waals surface area contributed by atoms with Crippen molar-refractivity contribution >= 4 is 11.7 Å². The van der Waals surface area contributed by atoms with Gasteiger partial charge in [0.05, 0.1) is 6.42 Å². The van der Waals surface area contributed by atoms with E-state index in [2.05, 4.69) is 4.90 Å². The summed E-state index contributed by atoms with van der Waals surface area (Å²) in [6.45, 7) is 2.14. The molecule has 1 aromatic rings. The van der Waals surface area contributed by atoms with Crippen LogP contribution in [-0.4, -0.2) is 30.7 Å². The Morgan fingerprint density at radius 3 is 2.94 bits per heavy atom. The van der Waals surface area contributed by atoms with Gasteiger partial charge in [-0.2, -0.15) is 0 Å². The second-order valence-corrected chi connectivity index (χ2v) is 4.09. The predicted octanol–water partition coefficient (Wildman–Crippen LogP) is 1.02. The number of benzene rings is 1. The van der Waals surface area contributed by atoms with Crippen molar-refractivity contribution in [3.8, 4) is 0 Å². The van der Waals surface area contributed by atoms with Gasteiger partial charge in [0.1, 0.15) is 0 Å². The lowest BCUT2D eigenvalue weighted by Crippen LogP contribution is -2.28. The number of hydrogen-bond acceptors (Lipinski definition) is 3. The average Bonchev–Trinajstić information content (AvgIpc) is 2.58. The van der Waals surface area contributed by atoms with Crippen LogP contribution in [0.2, 0.25) is 0 Å². The van der Waals surface area contributed by atoms with Gasteiger partial charge in [-0.15, -0.1) is 0 Å². The van der Waals surface area contributed by atoms with Crippen molar-refractivity contribution in [3.05, 3.63) is 29.8 Å². The fourth-order valence-corrected chi connectivity index (χ4v) is 2.34. The maximum Gasteiger partial charge on any atom is 0.304 e. The molecule has 2 rings (SSSR count). The highest BCUT2D eigenvalue weighted by Crippen LogP contribution is 2.37. The molecule has 3 N–H and O–H groups in total. The van der Waals surface area contributed by atoms with Gasteiger partial charge in [-0.05, 0) is 11.6 Å². The van der Waals surface area contributed by atoms with E-state index in [4.69, 9.17) is 10.8 Å². The molecule has 0 spiro atoms. The van der Waals surface area contributed by atoms with Crippen LogP contribution in [0.4, 0.5) is 5.69 Å². The quantitative estimate of drug-likeness (QED) is 0.795. The first kappa shape index (κ1) is 11.0. The molecule has 4 nitrogen and oxygen atoms in total. The first-order valence-electron chi connectivity index (χ1n) is 5.48. The number of anilines is 1. The number of fused-ring (bicyclic) bond motifs is 1. The Labute approximate surface area is 94.7 Å². The van der Waals surface area contributed by atoms with E-state index in [0.29, 0.717) is 6.54 Å². The second kappa shape index (κ2) is 4.53. The molecule has 86 valence electrons. The standard InChI is InChI=1S/C12H16N2O2/c13-5-6-14-8-9(7-12(15)16)10-3-1-2-4-11(10)14/h1-4,9H,5-8,13H2,(H,15,16). The minimum atomic E-state index is -0.741. The molecule has 1 aromatic carbocycles. The lowest BCUT2D eigenvalue weighted by molar-refractivity contribution is -0.137. The molecule has 1 aliphatic rings. The van der Waals surface area contributed by atoms with Gasteiger partial charge >= 0.3 is 5.97 Å². The Bertz CT molecular complexity index is 392. The van der Waals surface area contributed by atoms with E-state index in [0.717, 1.165) is 24.3 Å². The van der Waals surface area contributed by atoms with E-state index in [-0.39, 0.29) is 12.3 Å². The first-order chi connectivity index (χ1) is 7.72. The monoisotopic (exact) mass is 220 g/mol. The van der Waals surface area contributed by atoms with E-state index < -0.39 is 5.97 Å². The summed E-state index contributed by atoms with van der Waals surface area (Å²) in [5.74, 6) is -0.644. The van der Waals surface area contributed by atoms with E-state index >= 15 is 0 Å². The number of nitrogens with two attached hydrogens (primary N) is 1. The minimum absolute atomic E-state index is 0.0975. The summed E-state index contributed by atoms with van der Waals surface area (Å²) in [4.78, 5) is 13.0. The summed E-state index contributed by atoms with van der Waals surface area (Å²) in [7, 11) is 0. The van der Waals surface area contributed by atoms with Crippen LogP contribution in [0.15, 0.2) is 24.3 Å². The van der Waals surface area contributed by atoms with Crippen LogP contribution in [0.25, 0.3) is 0 Å². The number of carboxylic acids is 1. The summed E-state index contributed by atoms with van der Waals surface area (Å²) in [5.41, 5.74) is 7.83. The van der Waals surface area contributed by atoms with Gasteiger partial charge in [0.25, 0.3) is 0 Å². The zero-order valence-corrected chi connectivity index (χ0v) is 9.10. The minimum Gasteiger partial charge on any atom is -0.481 e. The van der Waals surface area contributed by atoms with Crippen LogP contribution >= 0.6 is 0 Å². The summed E-state index contributed by atoms with van der Waals surface area (Å²) < 4.78 is 0. The number of hydrogen-bond donors (Lipinski definition) is 2. The number of nitrogens with zero attached hydrogens (tertiary/aromatic N) is 1. The molecule has 0 saturated carbocycles. The predicted molar refractivity (Wildman–Crippen MR) is 62.7 cm³/mol. The highest BCUT2D eigenvalue weighted by Gasteiger charge is 2.29. The van der Waals surface area contributed by atoms with Gasteiger partial charge < -0.3 is 15.7 Å². The Morgan fingerprint density at radius 1 is 1.50 bits per heavy atom. The van der Waals surface area contributed by atoms with Gasteiger partial charge in [0.15, 0.2) is 0 Å². The normalized spacial score (nSPS) is 18.6. The highest BCUT2D eigenvalue weighted by atomic mass is 16.4. The molecule has 1 atom stereocenters. The number of carboxylic acid groups (broad SMARTS) is 1. The Hall–Kier alpha value is -1.55. The zero-order valence-electron chi connectivity index (χ0n) is 9.10. The third-order valence-corrected chi connectivity index (χ3v) is 2.98. The van der Waals surface area contributed by atoms with Gasteiger partial charge in [-0.1, -0.05) is 18.2 Å². The molecule has 0 saturated heterocycles. The van der Waals surface area contributed by atoms with Crippen molar-refractivity contribution in [2.75, 3.05) is 24.5 Å². The van der Waals surface area contributed by atoms with Crippen LogP contribution < -0.4 is 10.6 Å². The first-order valence-corrected chi connectivity index (χ1v) is 5.48. The maximum absolute atomic E-state index is 10.8. The Balaban J connectivity index is 2.24. The van der Waals surface area contributed by atoms with Crippen molar-refractivity contribution in [2.45, 2.75) is 12.3 Å². The van der Waals surface area contributed by atoms with Gasteiger partial charge in [0.2, 0.25) is 0 Å². The summed E-state index contributed by atoms with van der Waals surface area (Å²) >= 11 is 0. The maximum atomic E-state index is 10.8. The lowest BCUT2D eigenvalue weighted by Gasteiger charge is -2.18. The SMILES string of the molecule is NCCN1CC(CC(=O)O)c2ccccc21. The van der Waals surface area contributed by atoms with E-state index in [1.807, 2.05) is 24.3 Å². The van der Waals surface area contributed by atoms with Crippen LogP contribution in [0.5, 0.6) is 0 Å². The van der Waals surface area contributed by atoms with Crippen molar-refractivity contribution < 1.29 is 9.90 Å². The zero-order chi connectivity index (χ0) is 11.5. The fourth-order valence-electron chi connectivity index (χ4n) is 2.34. The molecule has 0 radical (unpaired) electrons. The number of para-hydroxylation sites is 1. The summed E-state index contributed by atoms with van der Waals surface area (Å²) in [6, 6.07) is 7.98. The lowest BCUT2D eigenvalue weighted by atomic mass is 9.98. The van der Waals surface area contributed by atoms with Crippen molar-refractivity contribution in [1.29, 1.82) is 0 Å². The molecule has 16 heavy (non-hydrogen) atoms. The largest absolute Gasteiger partial charge is 0.481 e. The summed E-state index contributed by atoms with van der Waals surface area (Å²) in [5, 5.41) is 8.87. The van der Waals surface area contributed by atoms with Crippen LogP contribution in [-0.2, 0) is 4.79 Å².